The summed E-state index contributed by atoms with van der Waals surface area (Å²) in [5.41, 5.74) is 1.02. The average Bonchev–Trinajstić information content (AvgIpc) is 3.25. The van der Waals surface area contributed by atoms with E-state index in [2.05, 4.69) is 5.32 Å². The summed E-state index contributed by atoms with van der Waals surface area (Å²) >= 11 is 1.65. The fraction of sp³-hybridized carbons (Fsp3) is 0.455. The van der Waals surface area contributed by atoms with Gasteiger partial charge >= 0.3 is 6.03 Å². The second-order valence-electron chi connectivity index (χ2n) is 7.14. The van der Waals surface area contributed by atoms with Crippen LogP contribution in [0.2, 0.25) is 0 Å². The van der Waals surface area contributed by atoms with Gasteiger partial charge in [-0.05, 0) is 42.5 Å². The quantitative estimate of drug-likeness (QED) is 0.639. The summed E-state index contributed by atoms with van der Waals surface area (Å²) < 4.78 is 24.9. The van der Waals surface area contributed by atoms with E-state index in [9.17, 15) is 14.0 Å². The van der Waals surface area contributed by atoms with Crippen LogP contribution in [0.25, 0.3) is 0 Å². The molecule has 0 bridgehead atoms. The Kier molecular flexibility index (Phi) is 8.25. The number of nitrogens with zero attached hydrogens (tertiary/aromatic N) is 2. The molecule has 9 heteroatoms. The molecule has 2 heterocycles. The summed E-state index contributed by atoms with van der Waals surface area (Å²) in [5, 5.41) is 4.73. The molecule has 0 spiro atoms. The highest BCUT2D eigenvalue weighted by atomic mass is 32.1. The number of hydrogen-bond acceptors (Lipinski definition) is 5. The van der Waals surface area contributed by atoms with Gasteiger partial charge in [-0.2, -0.15) is 0 Å². The summed E-state index contributed by atoms with van der Waals surface area (Å²) in [6.45, 7) is 3.53. The fourth-order valence-electron chi connectivity index (χ4n) is 3.58. The Morgan fingerprint density at radius 3 is 2.87 bits per heavy atom. The van der Waals surface area contributed by atoms with Gasteiger partial charge < -0.3 is 24.6 Å². The number of halogens is 1. The molecule has 1 aromatic carbocycles. The molecule has 0 saturated heterocycles. The second-order valence-corrected chi connectivity index (χ2v) is 8.14. The molecule has 0 saturated carbocycles. The number of thiophene rings is 1. The molecule has 7 nitrogen and oxygen atoms in total. The largest absolute Gasteiger partial charge is 0.488 e. The third-order valence-corrected chi connectivity index (χ3v) is 6.15. The molecule has 31 heavy (non-hydrogen) atoms. The van der Waals surface area contributed by atoms with Gasteiger partial charge in [0, 0.05) is 31.6 Å². The van der Waals surface area contributed by atoms with Gasteiger partial charge in [-0.15, -0.1) is 11.3 Å². The first-order valence-electron chi connectivity index (χ1n) is 10.3. The minimum atomic E-state index is -0.441. The number of urea groups is 1. The van der Waals surface area contributed by atoms with Crippen molar-refractivity contribution in [2.24, 2.45) is 0 Å². The Labute approximate surface area is 185 Å². The summed E-state index contributed by atoms with van der Waals surface area (Å²) in [6, 6.07) is 7.56. The van der Waals surface area contributed by atoms with Crippen LogP contribution in [0.5, 0.6) is 5.75 Å². The molecule has 3 rings (SSSR count). The number of carbonyl (C=O) groups is 2. The van der Waals surface area contributed by atoms with Crippen molar-refractivity contribution in [2.75, 3.05) is 46.5 Å². The molecule has 168 valence electrons. The van der Waals surface area contributed by atoms with Crippen LogP contribution < -0.4 is 10.1 Å². The van der Waals surface area contributed by atoms with E-state index in [4.69, 9.17) is 9.47 Å². The van der Waals surface area contributed by atoms with Crippen molar-refractivity contribution in [3.63, 3.8) is 0 Å². The SMILES string of the molecule is CCNC(=O)N(CCOC)CC(=O)N1CCc2sccc2[C@@H]1COc1ccccc1F. The molecule has 1 aliphatic rings. The van der Waals surface area contributed by atoms with Crippen molar-refractivity contribution in [3.8, 4) is 5.75 Å². The molecule has 0 fully saturated rings. The molecule has 1 aliphatic heterocycles. The Hall–Kier alpha value is -2.65. The van der Waals surface area contributed by atoms with E-state index in [-0.39, 0.29) is 36.9 Å². The Balaban J connectivity index is 1.76. The maximum Gasteiger partial charge on any atom is 0.317 e. The van der Waals surface area contributed by atoms with E-state index < -0.39 is 5.82 Å². The van der Waals surface area contributed by atoms with Gasteiger partial charge in [-0.3, -0.25) is 4.79 Å². The third kappa shape index (κ3) is 5.74. The van der Waals surface area contributed by atoms with Gasteiger partial charge in [0.1, 0.15) is 13.2 Å². The lowest BCUT2D eigenvalue weighted by Crippen LogP contribution is -2.50. The number of benzene rings is 1. The Bertz CT molecular complexity index is 891. The molecule has 0 aliphatic carbocycles. The van der Waals surface area contributed by atoms with Crippen molar-refractivity contribution >= 4 is 23.3 Å². The van der Waals surface area contributed by atoms with Gasteiger partial charge in [0.05, 0.1) is 12.6 Å². The normalized spacial score (nSPS) is 15.3. The first-order chi connectivity index (χ1) is 15.0. The van der Waals surface area contributed by atoms with Gasteiger partial charge in [-0.1, -0.05) is 12.1 Å². The first kappa shape index (κ1) is 23.0. The average molecular weight is 450 g/mol. The predicted molar refractivity (Wildman–Crippen MR) is 117 cm³/mol. The Morgan fingerprint density at radius 1 is 1.32 bits per heavy atom. The molecular weight excluding hydrogens is 421 g/mol. The maximum absolute atomic E-state index is 14.0. The zero-order valence-electron chi connectivity index (χ0n) is 17.8. The number of methoxy groups -OCH3 is 1. The highest BCUT2D eigenvalue weighted by Crippen LogP contribution is 2.34. The number of nitrogens with one attached hydrogen (secondary N) is 1. The van der Waals surface area contributed by atoms with E-state index >= 15 is 0 Å². The maximum atomic E-state index is 14.0. The van der Waals surface area contributed by atoms with E-state index in [1.807, 2.05) is 18.4 Å². The van der Waals surface area contributed by atoms with E-state index in [1.54, 1.807) is 41.5 Å². The molecule has 1 aromatic heterocycles. The van der Waals surface area contributed by atoms with E-state index in [0.29, 0.717) is 26.2 Å². The van der Waals surface area contributed by atoms with Crippen LogP contribution in [0.3, 0.4) is 0 Å². The summed E-state index contributed by atoms with van der Waals surface area (Å²) in [7, 11) is 1.55. The number of hydrogen-bond donors (Lipinski definition) is 1. The predicted octanol–water partition coefficient (Wildman–Crippen LogP) is 3.07. The number of amides is 3. The van der Waals surface area contributed by atoms with E-state index in [0.717, 1.165) is 12.0 Å². The number of ether oxygens (including phenoxy) is 2. The van der Waals surface area contributed by atoms with Crippen LogP contribution in [0, 0.1) is 5.82 Å². The van der Waals surface area contributed by atoms with Gasteiger partial charge in [-0.25, -0.2) is 9.18 Å². The number of carbonyl (C=O) groups excluding carboxylic acids is 2. The lowest BCUT2D eigenvalue weighted by molar-refractivity contribution is -0.135. The van der Waals surface area contributed by atoms with Crippen LogP contribution in [-0.2, 0) is 16.0 Å². The zero-order chi connectivity index (χ0) is 22.2. The standard InChI is InChI=1S/C22H28FN3O4S/c1-3-24-22(28)25(11-12-29-2)14-21(27)26-10-8-20-16(9-13-31-20)18(26)15-30-19-7-5-4-6-17(19)23/h4-7,9,13,18H,3,8,10-12,14-15H2,1-2H3,(H,24,28)/t18-/m0/s1. The van der Waals surface area contributed by atoms with Crippen LogP contribution in [0.4, 0.5) is 9.18 Å². The molecule has 0 unspecified atom stereocenters. The van der Waals surface area contributed by atoms with Crippen LogP contribution >= 0.6 is 11.3 Å². The lowest BCUT2D eigenvalue weighted by Gasteiger charge is -2.37. The highest BCUT2D eigenvalue weighted by Gasteiger charge is 2.33. The van der Waals surface area contributed by atoms with Gasteiger partial charge in [0.2, 0.25) is 5.91 Å². The first-order valence-corrected chi connectivity index (χ1v) is 11.2. The minimum Gasteiger partial charge on any atom is -0.488 e. The smallest absolute Gasteiger partial charge is 0.317 e. The number of fused-ring (bicyclic) bond motifs is 1. The monoisotopic (exact) mass is 449 g/mol. The molecular formula is C22H28FN3O4S. The van der Waals surface area contributed by atoms with Crippen molar-refractivity contribution in [3.05, 3.63) is 52.0 Å². The molecule has 3 amide bonds. The topological polar surface area (TPSA) is 71.1 Å². The van der Waals surface area contributed by atoms with E-state index in [1.165, 1.54) is 15.8 Å². The fourth-order valence-corrected chi connectivity index (χ4v) is 4.50. The minimum absolute atomic E-state index is 0.0646. The van der Waals surface area contributed by atoms with Crippen molar-refractivity contribution in [2.45, 2.75) is 19.4 Å². The van der Waals surface area contributed by atoms with Crippen molar-refractivity contribution in [1.29, 1.82) is 0 Å². The highest BCUT2D eigenvalue weighted by molar-refractivity contribution is 7.10. The van der Waals surface area contributed by atoms with Crippen LogP contribution in [0.1, 0.15) is 23.4 Å². The van der Waals surface area contributed by atoms with Crippen LogP contribution in [-0.4, -0.2) is 68.2 Å². The molecule has 2 aromatic rings. The van der Waals surface area contributed by atoms with Crippen LogP contribution in [0.15, 0.2) is 35.7 Å². The summed E-state index contributed by atoms with van der Waals surface area (Å²) in [4.78, 5) is 30.0. The third-order valence-electron chi connectivity index (χ3n) is 5.16. The number of rotatable bonds is 9. The number of para-hydroxylation sites is 1. The second kappa shape index (κ2) is 11.1. The van der Waals surface area contributed by atoms with Crippen molar-refractivity contribution in [1.82, 2.24) is 15.1 Å². The van der Waals surface area contributed by atoms with Crippen molar-refractivity contribution < 1.29 is 23.5 Å². The lowest BCUT2D eigenvalue weighted by atomic mass is 10.0. The summed E-state index contributed by atoms with van der Waals surface area (Å²) in [6.07, 6.45) is 0.744. The molecule has 0 radical (unpaired) electrons. The van der Waals surface area contributed by atoms with Gasteiger partial charge in [0.15, 0.2) is 11.6 Å². The molecule has 1 atom stereocenters. The van der Waals surface area contributed by atoms with Gasteiger partial charge in [0.25, 0.3) is 0 Å². The Morgan fingerprint density at radius 2 is 2.13 bits per heavy atom. The zero-order valence-corrected chi connectivity index (χ0v) is 18.6. The summed E-state index contributed by atoms with van der Waals surface area (Å²) in [5.74, 6) is -0.466. The molecule has 1 N–H and O–H groups in total.